The standard InChI is InChI=1S/C23H35NO10/c1-13(25)30-12-18-21(31-14(2)26)22(32-15(3)27)20(23(34-18)33-16(4)28)24-19(29)11-17-9-7-5-6-8-10-17/h17-18,20-23H,5-12H2,1-4H3,(H,24,29)/t18-,20+,21-,22-,23?/m1/s1. The number of carbonyl (C=O) groups excluding carboxylic acids is 5. The maximum atomic E-state index is 13.0. The number of esters is 4. The van der Waals surface area contributed by atoms with Gasteiger partial charge in [-0.25, -0.2) is 0 Å². The summed E-state index contributed by atoms with van der Waals surface area (Å²) in [5, 5.41) is 2.77. The summed E-state index contributed by atoms with van der Waals surface area (Å²) >= 11 is 0. The minimum Gasteiger partial charge on any atom is -0.463 e. The molecule has 2 rings (SSSR count). The second-order valence-electron chi connectivity index (χ2n) is 8.76. The van der Waals surface area contributed by atoms with Crippen LogP contribution in [0.25, 0.3) is 0 Å². The predicted molar refractivity (Wildman–Crippen MR) is 116 cm³/mol. The monoisotopic (exact) mass is 485 g/mol. The second-order valence-corrected chi connectivity index (χ2v) is 8.76. The van der Waals surface area contributed by atoms with Crippen molar-refractivity contribution >= 4 is 29.8 Å². The van der Waals surface area contributed by atoms with Gasteiger partial charge in [-0.05, 0) is 18.8 Å². The van der Waals surface area contributed by atoms with Gasteiger partial charge in [0.05, 0.1) is 0 Å². The van der Waals surface area contributed by atoms with E-state index in [0.29, 0.717) is 0 Å². The SMILES string of the molecule is CC(=O)OC[C@H]1OC(OC(C)=O)[C@@H](NC(=O)CC2CCCCCC2)[C@@H](OC(C)=O)[C@@H]1OC(C)=O. The number of rotatable bonds is 8. The Balaban J connectivity index is 2.30. The van der Waals surface area contributed by atoms with Crippen LogP contribution in [0.5, 0.6) is 0 Å². The first-order valence-corrected chi connectivity index (χ1v) is 11.7. The number of ether oxygens (including phenoxy) is 5. The van der Waals surface area contributed by atoms with Crippen LogP contribution in [0.1, 0.15) is 72.6 Å². The van der Waals surface area contributed by atoms with E-state index in [9.17, 15) is 24.0 Å². The van der Waals surface area contributed by atoms with Crippen molar-refractivity contribution in [3.63, 3.8) is 0 Å². The molecule has 0 radical (unpaired) electrons. The molecular formula is C23H35NO10. The van der Waals surface area contributed by atoms with Crippen molar-refractivity contribution < 1.29 is 47.7 Å². The molecular weight excluding hydrogens is 450 g/mol. The zero-order chi connectivity index (χ0) is 25.3. The zero-order valence-corrected chi connectivity index (χ0v) is 20.2. The van der Waals surface area contributed by atoms with Crippen LogP contribution in [0.4, 0.5) is 0 Å². The molecule has 1 saturated heterocycles. The van der Waals surface area contributed by atoms with Crippen LogP contribution in [-0.2, 0) is 47.7 Å². The van der Waals surface area contributed by atoms with Gasteiger partial charge in [0.1, 0.15) is 18.8 Å². The van der Waals surface area contributed by atoms with E-state index in [4.69, 9.17) is 23.7 Å². The quantitative estimate of drug-likeness (QED) is 0.305. The second kappa shape index (κ2) is 13.3. The number of hydrogen-bond donors (Lipinski definition) is 1. The molecule has 0 aromatic heterocycles. The summed E-state index contributed by atoms with van der Waals surface area (Å²) in [5.41, 5.74) is 0. The molecule has 1 amide bonds. The molecule has 0 bridgehead atoms. The third-order valence-electron chi connectivity index (χ3n) is 5.76. The first-order chi connectivity index (χ1) is 16.1. The van der Waals surface area contributed by atoms with E-state index >= 15 is 0 Å². The average molecular weight is 486 g/mol. The Bertz CT molecular complexity index is 746. The van der Waals surface area contributed by atoms with Crippen LogP contribution in [0, 0.1) is 5.92 Å². The normalized spacial score (nSPS) is 27.6. The minimum absolute atomic E-state index is 0.215. The smallest absolute Gasteiger partial charge is 0.305 e. The topological polar surface area (TPSA) is 144 Å². The van der Waals surface area contributed by atoms with Crippen LogP contribution in [0.3, 0.4) is 0 Å². The third-order valence-corrected chi connectivity index (χ3v) is 5.76. The molecule has 1 saturated carbocycles. The summed E-state index contributed by atoms with van der Waals surface area (Å²) in [6.45, 7) is 4.31. The summed E-state index contributed by atoms with van der Waals surface area (Å²) in [6, 6.07) is -1.15. The number of amides is 1. The molecule has 11 nitrogen and oxygen atoms in total. The van der Waals surface area contributed by atoms with Gasteiger partial charge in [-0.2, -0.15) is 0 Å². The van der Waals surface area contributed by atoms with E-state index in [1.54, 1.807) is 0 Å². The van der Waals surface area contributed by atoms with Gasteiger partial charge in [0, 0.05) is 34.1 Å². The first kappa shape index (κ1) is 27.6. The molecule has 1 N–H and O–H groups in total. The molecule has 0 spiro atoms. The Morgan fingerprint density at radius 3 is 1.85 bits per heavy atom. The lowest BCUT2D eigenvalue weighted by atomic mass is 9.94. The average Bonchev–Trinajstić information content (AvgIpc) is 2.98. The predicted octanol–water partition coefficient (Wildman–Crippen LogP) is 1.55. The van der Waals surface area contributed by atoms with Crippen molar-refractivity contribution in [1.29, 1.82) is 0 Å². The van der Waals surface area contributed by atoms with E-state index in [0.717, 1.165) is 59.3 Å². The highest BCUT2D eigenvalue weighted by Gasteiger charge is 2.52. The lowest BCUT2D eigenvalue weighted by Gasteiger charge is -2.44. The maximum absolute atomic E-state index is 13.0. The van der Waals surface area contributed by atoms with Gasteiger partial charge in [-0.15, -0.1) is 0 Å². The van der Waals surface area contributed by atoms with Crippen LogP contribution in [0.2, 0.25) is 0 Å². The highest BCUT2D eigenvalue weighted by Crippen LogP contribution is 2.29. The van der Waals surface area contributed by atoms with Crippen molar-refractivity contribution in [2.24, 2.45) is 5.92 Å². The fourth-order valence-corrected chi connectivity index (χ4v) is 4.40. The van der Waals surface area contributed by atoms with Crippen molar-refractivity contribution in [3.05, 3.63) is 0 Å². The van der Waals surface area contributed by atoms with Crippen molar-refractivity contribution in [1.82, 2.24) is 5.32 Å². The van der Waals surface area contributed by atoms with E-state index in [2.05, 4.69) is 5.32 Å². The molecule has 1 unspecified atom stereocenters. The van der Waals surface area contributed by atoms with E-state index < -0.39 is 54.5 Å². The van der Waals surface area contributed by atoms with Gasteiger partial charge in [0.2, 0.25) is 12.2 Å². The van der Waals surface area contributed by atoms with E-state index in [1.807, 2.05) is 0 Å². The summed E-state index contributed by atoms with van der Waals surface area (Å²) in [6.07, 6.45) is 1.58. The molecule has 1 aliphatic heterocycles. The fraction of sp³-hybridized carbons (Fsp3) is 0.783. The lowest BCUT2D eigenvalue weighted by molar-refractivity contribution is -0.271. The van der Waals surface area contributed by atoms with Crippen molar-refractivity contribution in [2.45, 2.75) is 103 Å². The maximum Gasteiger partial charge on any atom is 0.305 e. The molecule has 0 aromatic rings. The Kier molecular flexibility index (Phi) is 10.7. The van der Waals surface area contributed by atoms with Crippen LogP contribution >= 0.6 is 0 Å². The summed E-state index contributed by atoms with van der Waals surface area (Å²) in [5.74, 6) is -2.83. The van der Waals surface area contributed by atoms with Crippen LogP contribution in [0.15, 0.2) is 0 Å². The van der Waals surface area contributed by atoms with Crippen LogP contribution in [-0.4, -0.2) is 67.0 Å². The van der Waals surface area contributed by atoms with Gasteiger partial charge in [0.15, 0.2) is 12.2 Å². The Morgan fingerprint density at radius 1 is 0.765 bits per heavy atom. The van der Waals surface area contributed by atoms with E-state index in [1.165, 1.54) is 6.92 Å². The lowest BCUT2D eigenvalue weighted by Crippen LogP contribution is -2.67. The largest absolute Gasteiger partial charge is 0.463 e. The van der Waals surface area contributed by atoms with Gasteiger partial charge < -0.3 is 29.0 Å². The van der Waals surface area contributed by atoms with Crippen molar-refractivity contribution in [2.75, 3.05) is 6.61 Å². The number of carbonyl (C=O) groups is 5. The Hall–Kier alpha value is -2.69. The molecule has 11 heteroatoms. The fourth-order valence-electron chi connectivity index (χ4n) is 4.40. The molecule has 192 valence electrons. The van der Waals surface area contributed by atoms with Gasteiger partial charge >= 0.3 is 23.9 Å². The van der Waals surface area contributed by atoms with Gasteiger partial charge in [-0.1, -0.05) is 25.7 Å². The molecule has 1 heterocycles. The summed E-state index contributed by atoms with van der Waals surface area (Å²) < 4.78 is 26.9. The first-order valence-electron chi connectivity index (χ1n) is 11.7. The van der Waals surface area contributed by atoms with Crippen molar-refractivity contribution in [3.8, 4) is 0 Å². The van der Waals surface area contributed by atoms with Crippen LogP contribution < -0.4 is 5.32 Å². The zero-order valence-electron chi connectivity index (χ0n) is 20.2. The highest BCUT2D eigenvalue weighted by atomic mass is 16.7. The summed E-state index contributed by atoms with van der Waals surface area (Å²) in [4.78, 5) is 59.8. The highest BCUT2D eigenvalue weighted by molar-refractivity contribution is 5.77. The minimum atomic E-state index is -1.37. The van der Waals surface area contributed by atoms with Gasteiger partial charge in [-0.3, -0.25) is 24.0 Å². The number of hydrogen-bond acceptors (Lipinski definition) is 10. The molecule has 2 aliphatic rings. The van der Waals surface area contributed by atoms with E-state index in [-0.39, 0.29) is 24.9 Å². The Labute approximate surface area is 199 Å². The molecule has 34 heavy (non-hydrogen) atoms. The van der Waals surface area contributed by atoms with Gasteiger partial charge in [0.25, 0.3) is 0 Å². The Morgan fingerprint density at radius 2 is 1.32 bits per heavy atom. The molecule has 5 atom stereocenters. The molecule has 2 fully saturated rings. The third kappa shape index (κ3) is 8.92. The summed E-state index contributed by atoms with van der Waals surface area (Å²) in [7, 11) is 0. The number of nitrogens with one attached hydrogen (secondary N) is 1. The molecule has 1 aliphatic carbocycles. The molecule has 0 aromatic carbocycles.